The maximum atomic E-state index is 13.6. The number of nitrogens with zero attached hydrogens (tertiary/aromatic N) is 1. The van der Waals surface area contributed by atoms with Gasteiger partial charge in [-0.2, -0.15) is 20.2 Å². The first-order valence-electron chi connectivity index (χ1n) is 15.8. The van der Waals surface area contributed by atoms with Gasteiger partial charge in [-0.15, -0.1) is 0 Å². The zero-order chi connectivity index (χ0) is 36.8. The van der Waals surface area contributed by atoms with Crippen LogP contribution in [0, 0.1) is 17.0 Å². The molecule has 0 fully saturated rings. The Morgan fingerprint density at radius 3 is 2.10 bits per heavy atom. The number of rotatable bonds is 17. The van der Waals surface area contributed by atoms with Gasteiger partial charge in [-0.1, -0.05) is 84.4 Å². The monoisotopic (exact) mass is 735 g/mol. The first kappa shape index (κ1) is 38.4. The largest absolute Gasteiger partial charge is 0.464 e. The van der Waals surface area contributed by atoms with Crippen molar-refractivity contribution in [2.24, 2.45) is 0 Å². The number of aryl methyl sites for hydroxylation is 1. The van der Waals surface area contributed by atoms with Crippen LogP contribution in [0.4, 0.5) is 10.5 Å². The van der Waals surface area contributed by atoms with E-state index < -0.39 is 56.5 Å². The van der Waals surface area contributed by atoms with Gasteiger partial charge < -0.3 is 24.3 Å². The minimum absolute atomic E-state index is 0.0184. The number of nitro groups is 1. The lowest BCUT2D eigenvalue weighted by atomic mass is 10.0. The van der Waals surface area contributed by atoms with Crippen molar-refractivity contribution >= 4 is 45.5 Å². The lowest BCUT2D eigenvalue weighted by Gasteiger charge is -2.22. The molecule has 0 aromatic heterocycles. The summed E-state index contributed by atoms with van der Waals surface area (Å²) < 4.78 is 41.3. The Kier molecular flexibility index (Phi) is 14.0. The molecule has 13 nitrogen and oxygen atoms in total. The number of carbonyl (C=O) groups is 3. The predicted molar refractivity (Wildman–Crippen MR) is 191 cm³/mol. The van der Waals surface area contributed by atoms with Crippen LogP contribution in [0.5, 0.6) is 5.75 Å². The average Bonchev–Trinajstić information content (AvgIpc) is 3.11. The smallest absolute Gasteiger partial charge is 0.408 e. The van der Waals surface area contributed by atoms with Crippen LogP contribution in [0.25, 0.3) is 0 Å². The Morgan fingerprint density at radius 2 is 1.47 bits per heavy atom. The minimum atomic E-state index is -4.41. The van der Waals surface area contributed by atoms with Gasteiger partial charge in [0, 0.05) is 24.0 Å². The summed E-state index contributed by atoms with van der Waals surface area (Å²) in [5, 5.41) is 17.2. The van der Waals surface area contributed by atoms with E-state index in [1.165, 1.54) is 30.0 Å². The van der Waals surface area contributed by atoms with Crippen molar-refractivity contribution in [3.05, 3.63) is 135 Å². The van der Waals surface area contributed by atoms with E-state index in [4.69, 9.17) is 13.7 Å². The van der Waals surface area contributed by atoms with Crippen LogP contribution in [-0.2, 0) is 48.0 Å². The highest BCUT2D eigenvalue weighted by molar-refractivity contribution is 7.98. The highest BCUT2D eigenvalue weighted by Gasteiger charge is 2.30. The van der Waals surface area contributed by atoms with Gasteiger partial charge in [0.15, 0.2) is 0 Å². The van der Waals surface area contributed by atoms with Crippen molar-refractivity contribution in [2.45, 2.75) is 49.6 Å². The molecule has 0 radical (unpaired) electrons. The molecular formula is C36H37N3O10S2. The second-order valence-electron chi connectivity index (χ2n) is 11.2. The van der Waals surface area contributed by atoms with Gasteiger partial charge in [-0.3, -0.25) is 14.9 Å². The fourth-order valence-corrected chi connectivity index (χ4v) is 6.64. The topological polar surface area (TPSA) is 180 Å². The van der Waals surface area contributed by atoms with Crippen molar-refractivity contribution in [2.75, 3.05) is 12.4 Å². The lowest BCUT2D eigenvalue weighted by molar-refractivity contribution is -0.385. The summed E-state index contributed by atoms with van der Waals surface area (Å²) in [6.45, 7) is 3.30. The molecule has 0 aliphatic heterocycles. The fourth-order valence-electron chi connectivity index (χ4n) is 4.68. The summed E-state index contributed by atoms with van der Waals surface area (Å²) in [6, 6.07) is 25.3. The summed E-state index contributed by atoms with van der Waals surface area (Å²) in [5.41, 5.74) is 2.08. The van der Waals surface area contributed by atoms with Crippen LogP contribution < -0.4 is 14.8 Å². The molecule has 268 valence electrons. The molecule has 0 spiro atoms. The Bertz CT molecular complexity index is 1910. The number of nitrogens with one attached hydrogen (secondary N) is 2. The molecule has 2 atom stereocenters. The van der Waals surface area contributed by atoms with Gasteiger partial charge in [-0.25, -0.2) is 9.59 Å². The SMILES string of the molecule is CCOC(=O)[C@H](Cc1ccc(OS(=O)(=O)c2ccc(C)cc2)c([N+](=O)[O-])c1)NC(=O)[C@H](CSCc1ccccc1)NC(=O)OCc1ccccc1. The van der Waals surface area contributed by atoms with E-state index in [0.29, 0.717) is 5.75 Å². The van der Waals surface area contributed by atoms with Crippen LogP contribution >= 0.6 is 11.8 Å². The van der Waals surface area contributed by atoms with Crippen molar-refractivity contribution in [3.8, 4) is 5.75 Å². The van der Waals surface area contributed by atoms with Crippen molar-refractivity contribution in [1.29, 1.82) is 0 Å². The Hall–Kier alpha value is -5.41. The van der Waals surface area contributed by atoms with Gasteiger partial charge in [0.1, 0.15) is 23.6 Å². The zero-order valence-corrected chi connectivity index (χ0v) is 29.5. The summed E-state index contributed by atoms with van der Waals surface area (Å²) in [5.74, 6) is -1.43. The number of ether oxygens (including phenoxy) is 2. The summed E-state index contributed by atoms with van der Waals surface area (Å²) in [4.78, 5) is 50.5. The van der Waals surface area contributed by atoms with Crippen LogP contribution in [-0.4, -0.2) is 55.8 Å². The molecule has 0 saturated heterocycles. The van der Waals surface area contributed by atoms with E-state index in [1.54, 1.807) is 50.2 Å². The Morgan fingerprint density at radius 1 is 0.824 bits per heavy atom. The number of hydrogen-bond acceptors (Lipinski definition) is 11. The Balaban J connectivity index is 1.52. The first-order valence-corrected chi connectivity index (χ1v) is 18.4. The zero-order valence-electron chi connectivity index (χ0n) is 27.9. The van der Waals surface area contributed by atoms with Crippen molar-refractivity contribution in [1.82, 2.24) is 10.6 Å². The predicted octanol–water partition coefficient (Wildman–Crippen LogP) is 5.49. The summed E-state index contributed by atoms with van der Waals surface area (Å²) in [7, 11) is -4.41. The molecule has 0 saturated carbocycles. The molecule has 51 heavy (non-hydrogen) atoms. The average molecular weight is 736 g/mol. The molecule has 15 heteroatoms. The quantitative estimate of drug-likeness (QED) is 0.0606. The van der Waals surface area contributed by atoms with Crippen molar-refractivity contribution in [3.63, 3.8) is 0 Å². The van der Waals surface area contributed by atoms with E-state index >= 15 is 0 Å². The van der Waals surface area contributed by atoms with E-state index in [1.807, 2.05) is 36.4 Å². The maximum absolute atomic E-state index is 13.6. The van der Waals surface area contributed by atoms with E-state index in [9.17, 15) is 32.9 Å². The number of alkyl carbamates (subject to hydrolysis) is 1. The Labute approximate surface area is 300 Å². The summed E-state index contributed by atoms with van der Waals surface area (Å²) >= 11 is 1.37. The number of carbonyl (C=O) groups excluding carboxylic acids is 3. The molecule has 0 unspecified atom stereocenters. The standard InChI is InChI=1S/C36H37N3O10S2/c1-3-47-35(41)30(20-28-16-19-33(32(21-28)39(43)44)49-51(45,46)29-17-14-25(2)15-18-29)37-34(40)31(24-50-23-27-12-8-5-9-13-27)38-36(42)48-22-26-10-6-4-7-11-26/h4-19,21,30-31H,3,20,22-24H2,1-2H3,(H,37,40)(H,38,42)/t30-,31-/m0/s1. The third kappa shape index (κ3) is 11.9. The molecular weight excluding hydrogens is 699 g/mol. The van der Waals surface area contributed by atoms with Crippen molar-refractivity contribution < 1.29 is 41.4 Å². The van der Waals surface area contributed by atoms with Gasteiger partial charge in [-0.05, 0) is 48.7 Å². The normalized spacial score (nSPS) is 12.2. The number of amides is 2. The van der Waals surface area contributed by atoms with Crippen LogP contribution in [0.3, 0.4) is 0 Å². The molecule has 2 N–H and O–H groups in total. The van der Waals surface area contributed by atoms with E-state index in [2.05, 4.69) is 10.6 Å². The highest BCUT2D eigenvalue weighted by atomic mass is 32.2. The van der Waals surface area contributed by atoms with Gasteiger partial charge in [0.25, 0.3) is 0 Å². The molecule has 0 aliphatic carbocycles. The molecule has 4 rings (SSSR count). The van der Waals surface area contributed by atoms with Gasteiger partial charge in [0.2, 0.25) is 11.7 Å². The van der Waals surface area contributed by atoms with Crippen LogP contribution in [0.15, 0.2) is 108 Å². The number of thioether (sulfide) groups is 1. The minimum Gasteiger partial charge on any atom is -0.464 e. The molecule has 0 bridgehead atoms. The van der Waals surface area contributed by atoms with Gasteiger partial charge in [0.05, 0.1) is 11.5 Å². The second kappa shape index (κ2) is 18.5. The number of hydrogen-bond donors (Lipinski definition) is 2. The van der Waals surface area contributed by atoms with Crippen LogP contribution in [0.2, 0.25) is 0 Å². The third-order valence-electron chi connectivity index (χ3n) is 7.27. The molecule has 4 aromatic rings. The fraction of sp³-hybridized carbons (Fsp3) is 0.250. The van der Waals surface area contributed by atoms with Crippen LogP contribution in [0.1, 0.15) is 29.2 Å². The van der Waals surface area contributed by atoms with E-state index in [0.717, 1.165) is 28.8 Å². The molecule has 0 heterocycles. The number of nitro benzene ring substituents is 1. The highest BCUT2D eigenvalue weighted by Crippen LogP contribution is 2.31. The number of esters is 1. The summed E-state index contributed by atoms with van der Waals surface area (Å²) in [6.07, 6.45) is -1.11. The lowest BCUT2D eigenvalue weighted by Crippen LogP contribution is -2.53. The first-order chi connectivity index (χ1) is 24.4. The molecule has 4 aromatic carbocycles. The van der Waals surface area contributed by atoms with E-state index in [-0.39, 0.29) is 35.8 Å². The number of benzene rings is 4. The third-order valence-corrected chi connectivity index (χ3v) is 9.63. The van der Waals surface area contributed by atoms with Gasteiger partial charge >= 0.3 is 27.9 Å². The molecule has 0 aliphatic rings. The molecule has 2 amide bonds. The maximum Gasteiger partial charge on any atom is 0.408 e. The second-order valence-corrected chi connectivity index (χ2v) is 13.8.